The number of hydrogen-bond acceptors (Lipinski definition) is 11. The van der Waals surface area contributed by atoms with Crippen molar-refractivity contribution < 1.29 is 0 Å². The van der Waals surface area contributed by atoms with E-state index in [9.17, 15) is 0 Å². The zero-order chi connectivity index (χ0) is 26.0. The molecule has 35 heavy (non-hydrogen) atoms. The van der Waals surface area contributed by atoms with Crippen LogP contribution in [-0.2, 0) is 0 Å². The molecule has 0 aliphatic carbocycles. The summed E-state index contributed by atoms with van der Waals surface area (Å²) in [7, 11) is 0. The number of hydrogen-bond donors (Lipinski definition) is 7. The van der Waals surface area contributed by atoms with Crippen LogP contribution in [0.3, 0.4) is 0 Å². The van der Waals surface area contributed by atoms with Crippen molar-refractivity contribution in [2.45, 2.75) is 19.8 Å². The maximum Gasteiger partial charge on any atom is 0.0110 e. The van der Waals surface area contributed by atoms with Crippen LogP contribution in [0.25, 0.3) is 0 Å². The Balaban J connectivity index is 4.79. The number of nitrogens with one attached hydrogen (secondary N) is 2. The molecular formula is C24H61N11. The smallest absolute Gasteiger partial charge is 0.0110 e. The van der Waals surface area contributed by atoms with Crippen molar-refractivity contribution in [3.8, 4) is 0 Å². The predicted molar refractivity (Wildman–Crippen MR) is 152 cm³/mol. The van der Waals surface area contributed by atoms with Gasteiger partial charge in [-0.2, -0.15) is 0 Å². The fourth-order valence-corrected chi connectivity index (χ4v) is 4.06. The lowest BCUT2D eigenvalue weighted by Crippen LogP contribution is -2.46. The second-order valence-electron chi connectivity index (χ2n) is 9.16. The lowest BCUT2D eigenvalue weighted by atomic mass is 10.3. The summed E-state index contributed by atoms with van der Waals surface area (Å²) in [6.07, 6.45) is 2.17. The Labute approximate surface area is 216 Å². The topological polar surface area (TPSA) is 167 Å². The molecule has 11 nitrogen and oxygen atoms in total. The van der Waals surface area contributed by atoms with Gasteiger partial charge in [0.15, 0.2) is 0 Å². The molecule has 11 heteroatoms. The largest absolute Gasteiger partial charge is 0.330 e. The Bertz CT molecular complexity index is 417. The van der Waals surface area contributed by atoms with E-state index >= 15 is 0 Å². The van der Waals surface area contributed by atoms with Gasteiger partial charge in [-0.25, -0.2) is 0 Å². The van der Waals surface area contributed by atoms with Crippen molar-refractivity contribution in [2.75, 3.05) is 137 Å². The molecule has 0 spiro atoms. The first kappa shape index (κ1) is 34.6. The zero-order valence-corrected chi connectivity index (χ0v) is 22.9. The SMILES string of the molecule is CCCNCCN(CCN)CCN(CCNCCN)CCN(CCN)CCN(CCN)CCCN. The summed E-state index contributed by atoms with van der Waals surface area (Å²) < 4.78 is 0. The van der Waals surface area contributed by atoms with Crippen molar-refractivity contribution in [1.82, 2.24) is 30.2 Å². The maximum absolute atomic E-state index is 5.94. The van der Waals surface area contributed by atoms with E-state index in [0.29, 0.717) is 26.2 Å². The summed E-state index contributed by atoms with van der Waals surface area (Å²) >= 11 is 0. The second kappa shape index (κ2) is 26.6. The van der Waals surface area contributed by atoms with Crippen molar-refractivity contribution in [3.05, 3.63) is 0 Å². The molecule has 0 aromatic carbocycles. The summed E-state index contributed by atoms with van der Waals surface area (Å²) in [4.78, 5) is 9.94. The molecule has 0 amide bonds. The molecule has 212 valence electrons. The Hall–Kier alpha value is -0.440. The first-order valence-corrected chi connectivity index (χ1v) is 14.0. The van der Waals surface area contributed by atoms with Gasteiger partial charge in [-0.05, 0) is 32.5 Å². The van der Waals surface area contributed by atoms with E-state index < -0.39 is 0 Å². The van der Waals surface area contributed by atoms with Gasteiger partial charge in [-0.3, -0.25) is 14.7 Å². The van der Waals surface area contributed by atoms with Crippen molar-refractivity contribution in [3.63, 3.8) is 0 Å². The standard InChI is InChI=1S/C24H61N11/c1-2-9-30-11-17-33(15-7-28)20-23-35(18-12-31-10-5-26)24-22-34(16-8-29)21-19-32(14-6-27)13-3-4-25/h30-31H,2-29H2,1H3. The Kier molecular flexibility index (Phi) is 26.3. The van der Waals surface area contributed by atoms with E-state index in [1.54, 1.807) is 0 Å². The minimum absolute atomic E-state index is 0.669. The normalized spacial score (nSPS) is 12.2. The number of nitrogens with zero attached hydrogens (tertiary/aromatic N) is 4. The highest BCUT2D eigenvalue weighted by molar-refractivity contribution is 4.71. The quantitative estimate of drug-likeness (QED) is 0.0542. The molecule has 0 atom stereocenters. The van der Waals surface area contributed by atoms with E-state index in [0.717, 1.165) is 124 Å². The summed E-state index contributed by atoms with van der Waals surface area (Å²) in [5.41, 5.74) is 29.0. The van der Waals surface area contributed by atoms with Gasteiger partial charge in [0, 0.05) is 118 Å². The van der Waals surface area contributed by atoms with E-state index in [-0.39, 0.29) is 0 Å². The Morgan fingerprint density at radius 3 is 1.20 bits per heavy atom. The lowest BCUT2D eigenvalue weighted by Gasteiger charge is -2.31. The van der Waals surface area contributed by atoms with E-state index in [1.165, 1.54) is 0 Å². The van der Waals surface area contributed by atoms with E-state index in [2.05, 4.69) is 37.2 Å². The van der Waals surface area contributed by atoms with Gasteiger partial charge >= 0.3 is 0 Å². The van der Waals surface area contributed by atoms with Crippen LogP contribution < -0.4 is 39.3 Å². The van der Waals surface area contributed by atoms with E-state index in [1.807, 2.05) is 0 Å². The molecule has 0 fully saturated rings. The van der Waals surface area contributed by atoms with Gasteiger partial charge < -0.3 is 44.2 Å². The summed E-state index contributed by atoms with van der Waals surface area (Å²) in [5, 5.41) is 6.94. The molecule has 0 aliphatic rings. The van der Waals surface area contributed by atoms with Gasteiger partial charge in [-0.1, -0.05) is 6.92 Å². The molecule has 0 heterocycles. The Morgan fingerprint density at radius 1 is 0.400 bits per heavy atom. The van der Waals surface area contributed by atoms with Crippen molar-refractivity contribution in [2.24, 2.45) is 28.7 Å². The van der Waals surface area contributed by atoms with Crippen LogP contribution in [0.4, 0.5) is 0 Å². The number of rotatable bonds is 28. The van der Waals surface area contributed by atoms with Crippen LogP contribution in [-0.4, -0.2) is 157 Å². The lowest BCUT2D eigenvalue weighted by molar-refractivity contribution is 0.164. The van der Waals surface area contributed by atoms with E-state index in [4.69, 9.17) is 28.7 Å². The summed E-state index contributed by atoms with van der Waals surface area (Å²) in [5.74, 6) is 0. The highest BCUT2D eigenvalue weighted by Gasteiger charge is 2.13. The monoisotopic (exact) mass is 504 g/mol. The third-order valence-corrected chi connectivity index (χ3v) is 6.17. The third kappa shape index (κ3) is 21.4. The van der Waals surface area contributed by atoms with Crippen LogP contribution in [0.15, 0.2) is 0 Å². The zero-order valence-electron chi connectivity index (χ0n) is 22.9. The molecule has 12 N–H and O–H groups in total. The minimum atomic E-state index is 0.669. The average Bonchev–Trinajstić information content (AvgIpc) is 2.86. The van der Waals surface area contributed by atoms with Gasteiger partial charge in [0.1, 0.15) is 0 Å². The van der Waals surface area contributed by atoms with Crippen LogP contribution in [0.5, 0.6) is 0 Å². The van der Waals surface area contributed by atoms with Crippen molar-refractivity contribution in [1.29, 1.82) is 0 Å². The van der Waals surface area contributed by atoms with Gasteiger partial charge in [0.2, 0.25) is 0 Å². The Morgan fingerprint density at radius 2 is 0.800 bits per heavy atom. The molecule has 0 saturated heterocycles. The minimum Gasteiger partial charge on any atom is -0.330 e. The molecule has 0 rings (SSSR count). The molecular weight excluding hydrogens is 442 g/mol. The first-order valence-electron chi connectivity index (χ1n) is 14.0. The van der Waals surface area contributed by atoms with Gasteiger partial charge in [-0.15, -0.1) is 0 Å². The first-order chi connectivity index (χ1) is 17.1. The highest BCUT2D eigenvalue weighted by atomic mass is 15.2. The van der Waals surface area contributed by atoms with Crippen molar-refractivity contribution >= 4 is 0 Å². The van der Waals surface area contributed by atoms with Crippen LogP contribution in [0.2, 0.25) is 0 Å². The molecule has 0 bridgehead atoms. The van der Waals surface area contributed by atoms with Crippen LogP contribution >= 0.6 is 0 Å². The number of nitrogens with two attached hydrogens (primary N) is 5. The van der Waals surface area contributed by atoms with Crippen LogP contribution in [0, 0.1) is 0 Å². The van der Waals surface area contributed by atoms with Gasteiger partial charge in [0.05, 0.1) is 0 Å². The summed E-state index contributed by atoms with van der Waals surface area (Å²) in [6, 6.07) is 0. The highest BCUT2D eigenvalue weighted by Crippen LogP contribution is 1.98. The molecule has 0 unspecified atom stereocenters. The predicted octanol–water partition coefficient (Wildman–Crippen LogP) is -3.03. The molecule has 0 aliphatic heterocycles. The molecule has 0 saturated carbocycles. The maximum atomic E-state index is 5.94. The van der Waals surface area contributed by atoms with Crippen LogP contribution in [0.1, 0.15) is 19.8 Å². The summed E-state index contributed by atoms with van der Waals surface area (Å²) in [6.45, 7) is 21.4. The molecule has 0 aromatic heterocycles. The third-order valence-electron chi connectivity index (χ3n) is 6.17. The fourth-order valence-electron chi connectivity index (χ4n) is 4.06. The fraction of sp³-hybridized carbons (Fsp3) is 1.00. The molecule has 0 radical (unpaired) electrons. The molecule has 0 aromatic rings. The van der Waals surface area contributed by atoms with Gasteiger partial charge in [0.25, 0.3) is 0 Å². The average molecular weight is 504 g/mol. The second-order valence-corrected chi connectivity index (χ2v) is 9.16.